The number of nitrogens with one attached hydrogen (secondary N) is 1. The van der Waals surface area contributed by atoms with Crippen molar-refractivity contribution in [1.82, 2.24) is 10.2 Å². The monoisotopic (exact) mass is 566 g/mol. The number of para-hydroxylation sites is 1. The third-order valence-corrected chi connectivity index (χ3v) is 8.54. The Hall–Kier alpha value is -3.72. The summed E-state index contributed by atoms with van der Waals surface area (Å²) in [6.07, 6.45) is 1.31. The van der Waals surface area contributed by atoms with Gasteiger partial charge >= 0.3 is 0 Å². The van der Waals surface area contributed by atoms with Gasteiger partial charge in [-0.1, -0.05) is 59.0 Å². The van der Waals surface area contributed by atoms with E-state index in [0.29, 0.717) is 39.3 Å². The molecule has 3 aromatic rings. The Morgan fingerprint density at radius 2 is 2.03 bits per heavy atom. The number of halogens is 2. The largest absolute Gasteiger partial charge is 0.384 e. The van der Waals surface area contributed by atoms with Crippen molar-refractivity contribution in [3.63, 3.8) is 0 Å². The second-order valence-electron chi connectivity index (χ2n) is 8.50. The van der Waals surface area contributed by atoms with Gasteiger partial charge in [0.15, 0.2) is 10.1 Å². The maximum absolute atomic E-state index is 15.0. The minimum Gasteiger partial charge on any atom is -0.384 e. The van der Waals surface area contributed by atoms with Gasteiger partial charge in [0.1, 0.15) is 11.6 Å². The molecule has 1 aliphatic carbocycles. The van der Waals surface area contributed by atoms with Gasteiger partial charge in [-0.05, 0) is 37.1 Å². The molecular weight excluding hydrogens is 547 g/mol. The van der Waals surface area contributed by atoms with Gasteiger partial charge in [-0.15, -0.1) is 10.2 Å². The van der Waals surface area contributed by atoms with Gasteiger partial charge in [-0.25, -0.2) is 4.39 Å². The molecule has 0 fully saturated rings. The van der Waals surface area contributed by atoms with E-state index in [2.05, 4.69) is 21.6 Å². The lowest BCUT2D eigenvalue weighted by Gasteiger charge is -2.38. The number of amides is 1. The van der Waals surface area contributed by atoms with E-state index < -0.39 is 11.7 Å². The molecule has 1 unspecified atom stereocenters. The van der Waals surface area contributed by atoms with E-state index in [9.17, 15) is 14.9 Å². The van der Waals surface area contributed by atoms with E-state index in [0.717, 1.165) is 0 Å². The number of nitrogens with two attached hydrogens (primary N) is 1. The van der Waals surface area contributed by atoms with E-state index in [1.165, 1.54) is 41.3 Å². The highest BCUT2D eigenvalue weighted by Crippen LogP contribution is 2.48. The second-order valence-corrected chi connectivity index (χ2v) is 11.1. The number of nitrogens with zero attached hydrogens (tertiary/aromatic N) is 4. The zero-order valence-electron chi connectivity index (χ0n) is 19.8. The molecule has 5 rings (SSSR count). The molecule has 0 saturated heterocycles. The molecule has 2 aromatic carbocycles. The molecule has 0 spiro atoms. The van der Waals surface area contributed by atoms with Crippen molar-refractivity contribution < 1.29 is 14.0 Å². The van der Waals surface area contributed by atoms with E-state index in [1.54, 1.807) is 17.0 Å². The highest BCUT2D eigenvalue weighted by molar-refractivity contribution is 8.01. The number of thioether (sulfide) groups is 1. The minimum absolute atomic E-state index is 0.0117. The van der Waals surface area contributed by atoms with Gasteiger partial charge < -0.3 is 11.1 Å². The summed E-state index contributed by atoms with van der Waals surface area (Å²) >= 11 is 8.75. The molecule has 12 heteroatoms. The lowest BCUT2D eigenvalue weighted by atomic mass is 9.75. The Bertz CT molecular complexity index is 1510. The predicted molar refractivity (Wildman–Crippen MR) is 145 cm³/mol. The van der Waals surface area contributed by atoms with Crippen molar-refractivity contribution >= 4 is 57.2 Å². The molecule has 2 heterocycles. The topological polar surface area (TPSA) is 125 Å². The molecule has 1 aromatic heterocycles. The molecule has 0 bridgehead atoms. The number of Topliss-reactive ketones (excluding diaryl/α,β-unsaturated/α-hetero) is 1. The van der Waals surface area contributed by atoms with Crippen LogP contribution in [0.3, 0.4) is 0 Å². The van der Waals surface area contributed by atoms with Crippen molar-refractivity contribution in [2.45, 2.75) is 29.5 Å². The van der Waals surface area contributed by atoms with Crippen LogP contribution in [0.4, 0.5) is 15.2 Å². The summed E-state index contributed by atoms with van der Waals surface area (Å²) in [5.41, 5.74) is 8.10. The Morgan fingerprint density at radius 3 is 2.76 bits per heavy atom. The van der Waals surface area contributed by atoms with Crippen LogP contribution in [0, 0.1) is 17.1 Å². The first-order valence-corrected chi connectivity index (χ1v) is 13.8. The number of carbonyl (C=O) groups is 2. The number of anilines is 2. The predicted octanol–water partition coefficient (Wildman–Crippen LogP) is 5.37. The van der Waals surface area contributed by atoms with E-state index in [4.69, 9.17) is 17.3 Å². The minimum atomic E-state index is -1.02. The number of benzene rings is 2. The first-order valence-electron chi connectivity index (χ1n) is 11.6. The van der Waals surface area contributed by atoms with Gasteiger partial charge in [-0.3, -0.25) is 14.5 Å². The molecule has 192 valence electrons. The van der Waals surface area contributed by atoms with Crippen LogP contribution >= 0.6 is 34.7 Å². The third-order valence-electron chi connectivity index (χ3n) is 6.17. The molecule has 1 aliphatic heterocycles. The Morgan fingerprint density at radius 1 is 1.24 bits per heavy atom. The maximum atomic E-state index is 15.0. The standard InChI is InChI=1S/C26H20ClFN6O2S2/c27-16-8-4-9-17(28)22(16)21-15(12-29)24(30)34(18-10-5-11-19(35)23(18)21)25-32-33-26(38-25)37-13-20(36)31-14-6-2-1-3-7-14/h1-4,6-9,21H,5,10-11,13,30H2,(H,31,36). The number of hydrogen-bond donors (Lipinski definition) is 2. The molecule has 8 nitrogen and oxygen atoms in total. The van der Waals surface area contributed by atoms with Gasteiger partial charge in [0, 0.05) is 34.0 Å². The lowest BCUT2D eigenvalue weighted by Crippen LogP contribution is -2.39. The van der Waals surface area contributed by atoms with Gasteiger partial charge in [0.2, 0.25) is 11.0 Å². The fourth-order valence-electron chi connectivity index (χ4n) is 4.58. The molecule has 0 radical (unpaired) electrons. The molecule has 38 heavy (non-hydrogen) atoms. The first kappa shape index (κ1) is 25.9. The molecule has 0 saturated carbocycles. The van der Waals surface area contributed by atoms with Crippen LogP contribution < -0.4 is 16.0 Å². The second kappa shape index (κ2) is 10.9. The fourth-order valence-corrected chi connectivity index (χ4v) is 6.53. The average molecular weight is 567 g/mol. The van der Waals surface area contributed by atoms with Crippen LogP contribution in [0.15, 0.2) is 75.5 Å². The summed E-state index contributed by atoms with van der Waals surface area (Å²) in [5, 5.41) is 21.8. The summed E-state index contributed by atoms with van der Waals surface area (Å²) in [4.78, 5) is 27.1. The lowest BCUT2D eigenvalue weighted by molar-refractivity contribution is -0.116. The smallest absolute Gasteiger partial charge is 0.234 e. The molecule has 1 atom stereocenters. The Balaban J connectivity index is 1.47. The van der Waals surface area contributed by atoms with Crippen molar-refractivity contribution in [3.05, 3.63) is 87.6 Å². The van der Waals surface area contributed by atoms with E-state index in [1.807, 2.05) is 18.2 Å². The molecule has 1 amide bonds. The van der Waals surface area contributed by atoms with Crippen molar-refractivity contribution in [2.24, 2.45) is 5.73 Å². The summed E-state index contributed by atoms with van der Waals surface area (Å²) in [6, 6.07) is 15.4. The van der Waals surface area contributed by atoms with Crippen molar-refractivity contribution in [2.75, 3.05) is 16.0 Å². The number of ketones is 1. The highest BCUT2D eigenvalue weighted by Gasteiger charge is 2.42. The van der Waals surface area contributed by atoms with E-state index in [-0.39, 0.29) is 45.8 Å². The quantitative estimate of drug-likeness (QED) is 0.382. The number of allylic oxidation sites excluding steroid dienone is 3. The number of aromatic nitrogens is 2. The molecular formula is C26H20ClFN6O2S2. The SMILES string of the molecule is N#CC1=C(N)N(c2nnc(SCC(=O)Nc3ccccc3)s2)C2=C(C(=O)CCC2)C1c1c(F)cccc1Cl. The number of nitriles is 1. The number of hydrogen-bond acceptors (Lipinski definition) is 9. The molecule has 3 N–H and O–H groups in total. The van der Waals surface area contributed by atoms with Crippen molar-refractivity contribution in [3.8, 4) is 6.07 Å². The normalized spacial score (nSPS) is 17.3. The Kier molecular flexibility index (Phi) is 7.46. The summed E-state index contributed by atoms with van der Waals surface area (Å²) in [5.74, 6) is -1.88. The van der Waals surface area contributed by atoms with Crippen molar-refractivity contribution in [1.29, 1.82) is 5.26 Å². The zero-order valence-corrected chi connectivity index (χ0v) is 22.2. The van der Waals surface area contributed by atoms with Gasteiger partial charge in [-0.2, -0.15) is 5.26 Å². The van der Waals surface area contributed by atoms with Crippen LogP contribution in [-0.2, 0) is 9.59 Å². The summed E-state index contributed by atoms with van der Waals surface area (Å²) in [7, 11) is 0. The third kappa shape index (κ3) is 4.90. The van der Waals surface area contributed by atoms with E-state index >= 15 is 4.39 Å². The van der Waals surface area contributed by atoms with Crippen LogP contribution in [-0.4, -0.2) is 27.6 Å². The maximum Gasteiger partial charge on any atom is 0.234 e. The average Bonchev–Trinajstić information content (AvgIpc) is 3.36. The van der Waals surface area contributed by atoms with Gasteiger partial charge in [0.05, 0.1) is 23.3 Å². The molecule has 2 aliphatic rings. The zero-order chi connectivity index (χ0) is 26.8. The Labute approximate surface area is 231 Å². The number of rotatable bonds is 6. The van der Waals surface area contributed by atoms with Crippen LogP contribution in [0.2, 0.25) is 5.02 Å². The fraction of sp³-hybridized carbons (Fsp3) is 0.192. The van der Waals surface area contributed by atoms with Gasteiger partial charge in [0.25, 0.3) is 0 Å². The highest BCUT2D eigenvalue weighted by atomic mass is 35.5. The first-order chi connectivity index (χ1) is 18.4. The van der Waals surface area contributed by atoms with Crippen LogP contribution in [0.1, 0.15) is 30.7 Å². The number of carbonyl (C=O) groups excluding carboxylic acids is 2. The summed E-state index contributed by atoms with van der Waals surface area (Å²) < 4.78 is 15.5. The van der Waals surface area contributed by atoms with Crippen LogP contribution in [0.5, 0.6) is 0 Å². The van der Waals surface area contributed by atoms with Crippen LogP contribution in [0.25, 0.3) is 0 Å². The summed E-state index contributed by atoms with van der Waals surface area (Å²) in [6.45, 7) is 0.